The number of amides is 1. The highest BCUT2D eigenvalue weighted by Crippen LogP contribution is 2.28. The average Bonchev–Trinajstić information content (AvgIpc) is 3.38. The van der Waals surface area contributed by atoms with E-state index >= 15 is 0 Å². The van der Waals surface area contributed by atoms with Crippen LogP contribution in [0.25, 0.3) is 5.69 Å². The highest BCUT2D eigenvalue weighted by molar-refractivity contribution is 6.09. The van der Waals surface area contributed by atoms with Crippen molar-refractivity contribution in [3.8, 4) is 5.69 Å². The molecule has 28 heavy (non-hydrogen) atoms. The van der Waals surface area contributed by atoms with E-state index < -0.39 is 6.17 Å². The standard InChI is InChI=1S/C20H19FN6O/c1-13-8-15(4-6-22-13)26-12-18-17(20(26)28)11-27(24-18)16-2-3-19(23-9-16)25-7-5-14(21)10-25/h2-4,6,8-9,11,14H,5,7,10,12H2,1H3/t14-/m0/s1. The van der Waals surface area contributed by atoms with Gasteiger partial charge in [0, 0.05) is 30.3 Å². The molecule has 3 aromatic heterocycles. The fraction of sp³-hybridized carbons (Fsp3) is 0.300. The first-order valence-electron chi connectivity index (χ1n) is 9.27. The van der Waals surface area contributed by atoms with Gasteiger partial charge in [-0.2, -0.15) is 5.10 Å². The molecule has 7 nitrogen and oxygen atoms in total. The van der Waals surface area contributed by atoms with Gasteiger partial charge in [-0.25, -0.2) is 14.1 Å². The molecule has 0 aliphatic carbocycles. The Labute approximate surface area is 161 Å². The second kappa shape index (κ2) is 6.40. The van der Waals surface area contributed by atoms with Crippen molar-refractivity contribution in [2.24, 2.45) is 0 Å². The van der Waals surface area contributed by atoms with Crippen LogP contribution in [0.3, 0.4) is 0 Å². The summed E-state index contributed by atoms with van der Waals surface area (Å²) in [6.45, 7) is 3.40. The van der Waals surface area contributed by atoms with Gasteiger partial charge in [0.2, 0.25) is 0 Å². The molecule has 2 aliphatic rings. The number of aromatic nitrogens is 4. The molecule has 5 rings (SSSR count). The molecule has 0 bridgehead atoms. The topological polar surface area (TPSA) is 67.2 Å². The molecular formula is C20H19FN6O. The number of aryl methyl sites for hydroxylation is 1. The van der Waals surface area contributed by atoms with Gasteiger partial charge >= 0.3 is 0 Å². The van der Waals surface area contributed by atoms with Crippen molar-refractivity contribution in [1.82, 2.24) is 19.7 Å². The zero-order valence-electron chi connectivity index (χ0n) is 15.4. The SMILES string of the molecule is Cc1cc(N2Cc3nn(-c4ccc(N5CC[C@H](F)C5)nc4)cc3C2=O)ccn1. The number of pyridine rings is 2. The van der Waals surface area contributed by atoms with Crippen molar-refractivity contribution in [3.05, 3.63) is 59.8 Å². The van der Waals surface area contributed by atoms with Crippen LogP contribution in [-0.2, 0) is 6.54 Å². The third-order valence-corrected chi connectivity index (χ3v) is 5.22. The maximum absolute atomic E-state index is 13.4. The predicted octanol–water partition coefficient (Wildman–Crippen LogP) is 2.68. The molecule has 0 aromatic carbocycles. The molecule has 0 radical (unpaired) electrons. The number of anilines is 2. The Kier molecular flexibility index (Phi) is 3.85. The summed E-state index contributed by atoms with van der Waals surface area (Å²) in [6.07, 6.45) is 4.92. The van der Waals surface area contributed by atoms with E-state index in [4.69, 9.17) is 0 Å². The summed E-state index contributed by atoms with van der Waals surface area (Å²) in [5.74, 6) is 0.696. The lowest BCUT2D eigenvalue weighted by Crippen LogP contribution is -2.24. The van der Waals surface area contributed by atoms with E-state index in [1.807, 2.05) is 36.1 Å². The second-order valence-electron chi connectivity index (χ2n) is 7.19. The molecule has 0 N–H and O–H groups in total. The van der Waals surface area contributed by atoms with Gasteiger partial charge in [0.1, 0.15) is 12.0 Å². The molecular weight excluding hydrogens is 359 g/mol. The van der Waals surface area contributed by atoms with Crippen LogP contribution in [-0.4, -0.2) is 44.9 Å². The van der Waals surface area contributed by atoms with Crippen LogP contribution < -0.4 is 9.80 Å². The Morgan fingerprint density at radius 2 is 2.07 bits per heavy atom. The van der Waals surface area contributed by atoms with E-state index in [2.05, 4.69) is 15.1 Å². The van der Waals surface area contributed by atoms with Crippen molar-refractivity contribution < 1.29 is 9.18 Å². The number of fused-ring (bicyclic) bond motifs is 1. The molecule has 1 atom stereocenters. The van der Waals surface area contributed by atoms with Gasteiger partial charge in [-0.15, -0.1) is 0 Å². The summed E-state index contributed by atoms with van der Waals surface area (Å²) in [7, 11) is 0. The lowest BCUT2D eigenvalue weighted by Gasteiger charge is -2.17. The zero-order valence-corrected chi connectivity index (χ0v) is 15.4. The van der Waals surface area contributed by atoms with Gasteiger partial charge in [0.15, 0.2) is 0 Å². The Bertz CT molecular complexity index is 1050. The molecule has 2 aliphatic heterocycles. The summed E-state index contributed by atoms with van der Waals surface area (Å²) >= 11 is 0. The highest BCUT2D eigenvalue weighted by Gasteiger charge is 2.32. The van der Waals surface area contributed by atoms with Gasteiger partial charge in [-0.1, -0.05) is 0 Å². The van der Waals surface area contributed by atoms with Crippen molar-refractivity contribution in [2.75, 3.05) is 22.9 Å². The lowest BCUT2D eigenvalue weighted by atomic mass is 10.3. The van der Waals surface area contributed by atoms with E-state index in [0.717, 1.165) is 28.6 Å². The fourth-order valence-corrected chi connectivity index (χ4v) is 3.74. The molecule has 1 amide bonds. The van der Waals surface area contributed by atoms with Crippen molar-refractivity contribution in [1.29, 1.82) is 0 Å². The van der Waals surface area contributed by atoms with Crippen LogP contribution in [0.15, 0.2) is 42.9 Å². The van der Waals surface area contributed by atoms with Crippen LogP contribution >= 0.6 is 0 Å². The Morgan fingerprint density at radius 1 is 1.18 bits per heavy atom. The average molecular weight is 378 g/mol. The van der Waals surface area contributed by atoms with E-state index in [1.54, 1.807) is 28.2 Å². The third-order valence-electron chi connectivity index (χ3n) is 5.22. The van der Waals surface area contributed by atoms with Gasteiger partial charge in [0.25, 0.3) is 5.91 Å². The number of carbonyl (C=O) groups is 1. The van der Waals surface area contributed by atoms with Gasteiger partial charge in [0.05, 0.1) is 36.2 Å². The smallest absolute Gasteiger partial charge is 0.262 e. The molecule has 0 spiro atoms. The Hall–Kier alpha value is -3.29. The largest absolute Gasteiger partial charge is 0.354 e. The molecule has 1 fully saturated rings. The number of hydrogen-bond donors (Lipinski definition) is 0. The van der Waals surface area contributed by atoms with Crippen LogP contribution in [0, 0.1) is 6.92 Å². The lowest BCUT2D eigenvalue weighted by molar-refractivity contribution is 0.0996. The summed E-state index contributed by atoms with van der Waals surface area (Å²) in [5, 5.41) is 4.57. The normalized spacial score (nSPS) is 18.8. The minimum absolute atomic E-state index is 0.0671. The van der Waals surface area contributed by atoms with Crippen LogP contribution in [0.1, 0.15) is 28.2 Å². The van der Waals surface area contributed by atoms with Crippen LogP contribution in [0.2, 0.25) is 0 Å². The second-order valence-corrected chi connectivity index (χ2v) is 7.19. The molecule has 142 valence electrons. The predicted molar refractivity (Wildman–Crippen MR) is 103 cm³/mol. The number of hydrogen-bond acceptors (Lipinski definition) is 5. The quantitative estimate of drug-likeness (QED) is 0.701. The monoisotopic (exact) mass is 378 g/mol. The van der Waals surface area contributed by atoms with Gasteiger partial charge in [-0.05, 0) is 37.6 Å². The minimum atomic E-state index is -0.784. The van der Waals surface area contributed by atoms with E-state index in [0.29, 0.717) is 31.6 Å². The Balaban J connectivity index is 1.37. The molecule has 1 saturated heterocycles. The van der Waals surface area contributed by atoms with Crippen LogP contribution in [0.5, 0.6) is 0 Å². The van der Waals surface area contributed by atoms with E-state index in [-0.39, 0.29) is 5.91 Å². The maximum Gasteiger partial charge on any atom is 0.262 e. The molecule has 0 unspecified atom stereocenters. The fourth-order valence-electron chi connectivity index (χ4n) is 3.74. The number of halogens is 1. The maximum atomic E-state index is 13.4. The van der Waals surface area contributed by atoms with Crippen molar-refractivity contribution >= 4 is 17.4 Å². The summed E-state index contributed by atoms with van der Waals surface area (Å²) in [6, 6.07) is 7.48. The third kappa shape index (κ3) is 2.81. The van der Waals surface area contributed by atoms with Gasteiger partial charge < -0.3 is 9.80 Å². The van der Waals surface area contributed by atoms with E-state index in [9.17, 15) is 9.18 Å². The zero-order chi connectivity index (χ0) is 19.3. The number of alkyl halides is 1. The number of carbonyl (C=O) groups excluding carboxylic acids is 1. The molecule has 3 aromatic rings. The minimum Gasteiger partial charge on any atom is -0.354 e. The first-order valence-corrected chi connectivity index (χ1v) is 9.27. The van der Waals surface area contributed by atoms with Crippen molar-refractivity contribution in [3.63, 3.8) is 0 Å². The Morgan fingerprint density at radius 3 is 2.75 bits per heavy atom. The van der Waals surface area contributed by atoms with Crippen molar-refractivity contribution in [2.45, 2.75) is 26.1 Å². The molecule has 5 heterocycles. The summed E-state index contributed by atoms with van der Waals surface area (Å²) in [5.41, 5.74) is 3.79. The first-order chi connectivity index (χ1) is 13.6. The summed E-state index contributed by atoms with van der Waals surface area (Å²) < 4.78 is 15.1. The van der Waals surface area contributed by atoms with Crippen LogP contribution in [0.4, 0.5) is 15.9 Å². The first kappa shape index (κ1) is 16.9. The van der Waals surface area contributed by atoms with E-state index in [1.165, 1.54) is 0 Å². The highest BCUT2D eigenvalue weighted by atomic mass is 19.1. The summed E-state index contributed by atoms with van der Waals surface area (Å²) in [4.78, 5) is 25.1. The number of rotatable bonds is 3. The molecule has 0 saturated carbocycles. The molecule has 8 heteroatoms. The van der Waals surface area contributed by atoms with Gasteiger partial charge in [-0.3, -0.25) is 9.78 Å². The number of nitrogens with zero attached hydrogens (tertiary/aromatic N) is 6.